The van der Waals surface area contributed by atoms with Gasteiger partial charge < -0.3 is 14.8 Å². The zero-order chi connectivity index (χ0) is 22.6. The van der Waals surface area contributed by atoms with Crippen LogP contribution in [0, 0.1) is 0 Å². The first-order valence-corrected chi connectivity index (χ1v) is 10.3. The standard InChI is InChI=1S/C17H14Cl2F2N2O6S/c1-8(15(24)23-9-2-5-14(13(19)6-9)29-17(20)21)28-16(25)11-7-10(30(22,26)27)3-4-12(11)18/h2-8,17H,1H3,(H,23,24)(H2,22,26,27). The summed E-state index contributed by atoms with van der Waals surface area (Å²) in [5, 5.41) is 7.10. The lowest BCUT2D eigenvalue weighted by atomic mass is 10.2. The third kappa shape index (κ3) is 6.26. The summed E-state index contributed by atoms with van der Waals surface area (Å²) in [4.78, 5) is 24.2. The van der Waals surface area contributed by atoms with Gasteiger partial charge in [-0.3, -0.25) is 4.79 Å². The van der Waals surface area contributed by atoms with Gasteiger partial charge in [-0.1, -0.05) is 23.2 Å². The summed E-state index contributed by atoms with van der Waals surface area (Å²) in [5.41, 5.74) is -0.178. The van der Waals surface area contributed by atoms with Gasteiger partial charge in [0.15, 0.2) is 6.10 Å². The molecular formula is C17H14Cl2F2N2O6S. The van der Waals surface area contributed by atoms with Crippen LogP contribution in [0.5, 0.6) is 5.75 Å². The van der Waals surface area contributed by atoms with Gasteiger partial charge in [0, 0.05) is 5.69 Å². The molecule has 0 aliphatic carbocycles. The van der Waals surface area contributed by atoms with Crippen LogP contribution in [0.15, 0.2) is 41.3 Å². The van der Waals surface area contributed by atoms with E-state index in [1.807, 2.05) is 0 Å². The maximum Gasteiger partial charge on any atom is 0.387 e. The second-order valence-electron chi connectivity index (χ2n) is 5.75. The van der Waals surface area contributed by atoms with Gasteiger partial charge in [-0.15, -0.1) is 0 Å². The highest BCUT2D eigenvalue weighted by Gasteiger charge is 2.23. The lowest BCUT2D eigenvalue weighted by Gasteiger charge is -2.15. The number of alkyl halides is 2. The smallest absolute Gasteiger partial charge is 0.387 e. The fourth-order valence-corrected chi connectivity index (χ4v) is 3.09. The monoisotopic (exact) mass is 482 g/mol. The summed E-state index contributed by atoms with van der Waals surface area (Å²) in [7, 11) is -4.09. The number of ether oxygens (including phenoxy) is 2. The van der Waals surface area contributed by atoms with Crippen molar-refractivity contribution in [2.24, 2.45) is 5.14 Å². The summed E-state index contributed by atoms with van der Waals surface area (Å²) in [5.74, 6) is -2.12. The SMILES string of the molecule is CC(OC(=O)c1cc(S(N)(=O)=O)ccc1Cl)C(=O)Nc1ccc(OC(F)F)c(Cl)c1. The Kier molecular flexibility index (Phi) is 7.59. The molecule has 1 amide bonds. The average molecular weight is 483 g/mol. The molecule has 0 heterocycles. The van der Waals surface area contributed by atoms with E-state index in [9.17, 15) is 26.8 Å². The third-order valence-corrected chi connectivity index (χ3v) is 5.09. The number of benzene rings is 2. The molecule has 0 fully saturated rings. The van der Waals surface area contributed by atoms with Gasteiger partial charge >= 0.3 is 12.6 Å². The Morgan fingerprint density at radius 2 is 1.77 bits per heavy atom. The molecule has 0 radical (unpaired) electrons. The van der Waals surface area contributed by atoms with Crippen LogP contribution in [0.2, 0.25) is 10.0 Å². The molecule has 0 saturated heterocycles. The number of esters is 1. The second kappa shape index (κ2) is 9.56. The number of carbonyl (C=O) groups excluding carboxylic acids is 2. The van der Waals surface area contributed by atoms with E-state index in [1.165, 1.54) is 13.0 Å². The van der Waals surface area contributed by atoms with E-state index in [4.69, 9.17) is 33.1 Å². The second-order valence-corrected chi connectivity index (χ2v) is 8.12. The first-order chi connectivity index (χ1) is 13.9. The molecule has 1 atom stereocenters. The number of halogens is 4. The van der Waals surface area contributed by atoms with Gasteiger partial charge in [-0.05, 0) is 43.3 Å². The number of sulfonamides is 1. The highest BCUT2D eigenvalue weighted by Crippen LogP contribution is 2.29. The molecular weight excluding hydrogens is 469 g/mol. The number of hydrogen-bond acceptors (Lipinski definition) is 6. The minimum Gasteiger partial charge on any atom is -0.449 e. The quantitative estimate of drug-likeness (QED) is 0.582. The Morgan fingerprint density at radius 3 is 2.33 bits per heavy atom. The number of nitrogens with two attached hydrogens (primary N) is 1. The minimum atomic E-state index is -4.09. The van der Waals surface area contributed by atoms with Crippen LogP contribution in [0.25, 0.3) is 0 Å². The van der Waals surface area contributed by atoms with Gasteiger partial charge in [0.2, 0.25) is 10.0 Å². The number of amides is 1. The Hall–Kier alpha value is -2.47. The van der Waals surface area contributed by atoms with Gasteiger partial charge in [0.1, 0.15) is 5.75 Å². The molecule has 0 spiro atoms. The number of anilines is 1. The summed E-state index contributed by atoms with van der Waals surface area (Å²) in [6.07, 6.45) is -1.33. The molecule has 1 unspecified atom stereocenters. The maximum absolute atomic E-state index is 12.3. The predicted octanol–water partition coefficient (Wildman–Crippen LogP) is 3.43. The molecule has 2 aromatic carbocycles. The fraction of sp³-hybridized carbons (Fsp3) is 0.176. The lowest BCUT2D eigenvalue weighted by Crippen LogP contribution is -2.30. The highest BCUT2D eigenvalue weighted by atomic mass is 35.5. The number of primary sulfonamides is 1. The number of carbonyl (C=O) groups is 2. The topological polar surface area (TPSA) is 125 Å². The van der Waals surface area contributed by atoms with E-state index in [0.717, 1.165) is 30.3 Å². The lowest BCUT2D eigenvalue weighted by molar-refractivity contribution is -0.123. The fourth-order valence-electron chi connectivity index (χ4n) is 2.13. The average Bonchev–Trinajstić information content (AvgIpc) is 2.62. The molecule has 2 aromatic rings. The molecule has 162 valence electrons. The van der Waals surface area contributed by atoms with Crippen LogP contribution in [0.4, 0.5) is 14.5 Å². The minimum absolute atomic E-state index is 0.110. The predicted molar refractivity (Wildman–Crippen MR) is 104 cm³/mol. The van der Waals surface area contributed by atoms with Crippen molar-refractivity contribution in [2.45, 2.75) is 24.5 Å². The third-order valence-electron chi connectivity index (χ3n) is 3.55. The van der Waals surface area contributed by atoms with E-state index in [-0.39, 0.29) is 31.9 Å². The Morgan fingerprint density at radius 1 is 1.10 bits per heavy atom. The Labute approximate surface area is 179 Å². The normalized spacial score (nSPS) is 12.4. The van der Waals surface area contributed by atoms with Gasteiger partial charge in [-0.25, -0.2) is 18.4 Å². The van der Waals surface area contributed by atoms with Crippen molar-refractivity contribution in [3.63, 3.8) is 0 Å². The van der Waals surface area contributed by atoms with Crippen molar-refractivity contribution in [1.29, 1.82) is 0 Å². The van der Waals surface area contributed by atoms with Crippen LogP contribution < -0.4 is 15.2 Å². The van der Waals surface area contributed by atoms with Gasteiger partial charge in [0.25, 0.3) is 5.91 Å². The molecule has 13 heteroatoms. The van der Waals surface area contributed by atoms with E-state index in [0.29, 0.717) is 0 Å². The first kappa shape index (κ1) is 23.8. The van der Waals surface area contributed by atoms with E-state index in [2.05, 4.69) is 10.1 Å². The molecule has 2 rings (SSSR count). The molecule has 8 nitrogen and oxygen atoms in total. The number of nitrogens with one attached hydrogen (secondary N) is 1. The van der Waals surface area contributed by atoms with E-state index in [1.54, 1.807) is 0 Å². The van der Waals surface area contributed by atoms with Crippen LogP contribution >= 0.6 is 23.2 Å². The molecule has 0 aromatic heterocycles. The van der Waals surface area contributed by atoms with Crippen molar-refractivity contribution in [1.82, 2.24) is 0 Å². The van der Waals surface area contributed by atoms with Crippen molar-refractivity contribution >= 4 is 50.8 Å². The molecule has 0 aliphatic heterocycles. The summed E-state index contributed by atoms with van der Waals surface area (Å²) in [6, 6.07) is 6.72. The van der Waals surface area contributed by atoms with E-state index >= 15 is 0 Å². The van der Waals surface area contributed by atoms with Crippen LogP contribution in [0.1, 0.15) is 17.3 Å². The Balaban J connectivity index is 2.09. The van der Waals surface area contributed by atoms with Crippen molar-refractivity contribution in [3.8, 4) is 5.75 Å². The largest absolute Gasteiger partial charge is 0.449 e. The summed E-state index contributed by atoms with van der Waals surface area (Å²) >= 11 is 11.7. The summed E-state index contributed by atoms with van der Waals surface area (Å²) in [6.45, 7) is -1.82. The highest BCUT2D eigenvalue weighted by molar-refractivity contribution is 7.89. The van der Waals surface area contributed by atoms with Crippen molar-refractivity contribution in [3.05, 3.63) is 52.0 Å². The Bertz CT molecular complexity index is 1080. The first-order valence-electron chi connectivity index (χ1n) is 7.97. The maximum atomic E-state index is 12.3. The molecule has 30 heavy (non-hydrogen) atoms. The number of hydrogen-bond donors (Lipinski definition) is 2. The van der Waals surface area contributed by atoms with Crippen molar-refractivity contribution < 1.29 is 36.3 Å². The molecule has 0 bridgehead atoms. The van der Waals surface area contributed by atoms with Crippen LogP contribution in [0.3, 0.4) is 0 Å². The number of rotatable bonds is 7. The van der Waals surface area contributed by atoms with Gasteiger partial charge in [-0.2, -0.15) is 8.78 Å². The van der Waals surface area contributed by atoms with Crippen LogP contribution in [-0.4, -0.2) is 33.0 Å². The molecule has 0 saturated carbocycles. The zero-order valence-corrected chi connectivity index (χ0v) is 17.4. The van der Waals surface area contributed by atoms with Crippen molar-refractivity contribution in [2.75, 3.05) is 5.32 Å². The molecule has 0 aliphatic rings. The molecule has 3 N–H and O–H groups in total. The van der Waals surface area contributed by atoms with Crippen LogP contribution in [-0.2, 0) is 19.6 Å². The van der Waals surface area contributed by atoms with E-state index < -0.39 is 34.6 Å². The summed E-state index contributed by atoms with van der Waals surface area (Å²) < 4.78 is 56.5. The van der Waals surface area contributed by atoms with Gasteiger partial charge in [0.05, 0.1) is 20.5 Å². The zero-order valence-electron chi connectivity index (χ0n) is 15.1.